The van der Waals surface area contributed by atoms with Crippen LogP contribution in [0.5, 0.6) is 23.0 Å². The summed E-state index contributed by atoms with van der Waals surface area (Å²) < 4.78 is 10.6. The van der Waals surface area contributed by atoms with Crippen LogP contribution in [-0.4, -0.2) is 29.4 Å². The van der Waals surface area contributed by atoms with Crippen molar-refractivity contribution in [3.8, 4) is 23.0 Å². The Hall–Kier alpha value is -2.95. The molecule has 0 spiro atoms. The summed E-state index contributed by atoms with van der Waals surface area (Å²) in [6.07, 6.45) is 2.26. The van der Waals surface area contributed by atoms with Gasteiger partial charge < -0.3 is 19.7 Å². The number of hydrogen-bond acceptors (Lipinski definition) is 5. The minimum absolute atomic E-state index is 0.138. The van der Waals surface area contributed by atoms with Crippen LogP contribution >= 0.6 is 0 Å². The molecule has 0 saturated heterocycles. The highest BCUT2D eigenvalue weighted by Crippen LogP contribution is 2.33. The second-order valence-corrected chi connectivity index (χ2v) is 5.19. The first kappa shape index (κ1) is 15.0. The number of methoxy groups -OCH3 is 2. The molecule has 0 radical (unpaired) electrons. The van der Waals surface area contributed by atoms with E-state index in [-0.39, 0.29) is 11.5 Å². The number of nitrogens with zero attached hydrogens (tertiary/aromatic N) is 1. The Morgan fingerprint density at radius 1 is 0.913 bits per heavy atom. The van der Waals surface area contributed by atoms with Crippen molar-refractivity contribution >= 4 is 10.8 Å². The molecular formula is C18H17NO4. The zero-order chi connectivity index (χ0) is 16.4. The number of fused-ring (bicyclic) bond motifs is 1. The van der Waals surface area contributed by atoms with E-state index in [4.69, 9.17) is 9.47 Å². The molecule has 0 amide bonds. The molecule has 118 valence electrons. The van der Waals surface area contributed by atoms with Crippen LogP contribution in [0, 0.1) is 0 Å². The van der Waals surface area contributed by atoms with E-state index in [2.05, 4.69) is 4.98 Å². The first-order valence-electron chi connectivity index (χ1n) is 7.13. The molecule has 3 rings (SSSR count). The SMILES string of the molecule is COc1ccc(Cc2nccc3cc(O)c(O)cc23)cc1OC. The molecule has 5 heteroatoms. The molecule has 0 saturated carbocycles. The summed E-state index contributed by atoms with van der Waals surface area (Å²) in [4.78, 5) is 4.41. The number of aromatic nitrogens is 1. The summed E-state index contributed by atoms with van der Waals surface area (Å²) in [5, 5.41) is 21.0. The molecule has 2 N–H and O–H groups in total. The van der Waals surface area contributed by atoms with Gasteiger partial charge in [0.1, 0.15) is 0 Å². The highest BCUT2D eigenvalue weighted by molar-refractivity contribution is 5.87. The van der Waals surface area contributed by atoms with Crippen LogP contribution in [0.4, 0.5) is 0 Å². The Balaban J connectivity index is 2.03. The molecule has 23 heavy (non-hydrogen) atoms. The lowest BCUT2D eigenvalue weighted by Gasteiger charge is -2.11. The van der Waals surface area contributed by atoms with Crippen molar-refractivity contribution < 1.29 is 19.7 Å². The fourth-order valence-electron chi connectivity index (χ4n) is 2.58. The number of aromatic hydroxyl groups is 2. The summed E-state index contributed by atoms with van der Waals surface area (Å²) in [6.45, 7) is 0. The number of pyridine rings is 1. The maximum Gasteiger partial charge on any atom is 0.160 e. The molecular weight excluding hydrogens is 294 g/mol. The van der Waals surface area contributed by atoms with Crippen LogP contribution in [0.3, 0.4) is 0 Å². The van der Waals surface area contributed by atoms with Crippen molar-refractivity contribution in [3.05, 3.63) is 53.9 Å². The molecule has 0 bridgehead atoms. The molecule has 0 aliphatic carbocycles. The fraction of sp³-hybridized carbons (Fsp3) is 0.167. The Bertz CT molecular complexity index is 861. The summed E-state index contributed by atoms with van der Waals surface area (Å²) in [7, 11) is 3.19. The number of phenolic OH excluding ortho intramolecular Hbond substituents is 2. The molecule has 2 aromatic carbocycles. The van der Waals surface area contributed by atoms with Gasteiger partial charge in [0.05, 0.1) is 19.9 Å². The average molecular weight is 311 g/mol. The third kappa shape index (κ3) is 2.85. The largest absolute Gasteiger partial charge is 0.504 e. The van der Waals surface area contributed by atoms with Crippen molar-refractivity contribution in [1.29, 1.82) is 0 Å². The van der Waals surface area contributed by atoms with E-state index in [1.807, 2.05) is 18.2 Å². The van der Waals surface area contributed by atoms with E-state index >= 15 is 0 Å². The number of ether oxygens (including phenoxy) is 2. The second-order valence-electron chi connectivity index (χ2n) is 5.19. The lowest BCUT2D eigenvalue weighted by Crippen LogP contribution is -1.96. The third-order valence-corrected chi connectivity index (χ3v) is 3.76. The maximum atomic E-state index is 9.74. The van der Waals surface area contributed by atoms with Gasteiger partial charge in [-0.3, -0.25) is 4.98 Å². The van der Waals surface area contributed by atoms with Gasteiger partial charge >= 0.3 is 0 Å². The monoisotopic (exact) mass is 311 g/mol. The predicted molar refractivity (Wildman–Crippen MR) is 87.4 cm³/mol. The van der Waals surface area contributed by atoms with E-state index in [0.29, 0.717) is 17.9 Å². The van der Waals surface area contributed by atoms with Crippen LogP contribution < -0.4 is 9.47 Å². The summed E-state index contributed by atoms with van der Waals surface area (Å²) in [5.41, 5.74) is 1.82. The van der Waals surface area contributed by atoms with E-state index in [1.165, 1.54) is 12.1 Å². The van der Waals surface area contributed by atoms with Crippen molar-refractivity contribution in [1.82, 2.24) is 4.98 Å². The number of phenols is 2. The minimum Gasteiger partial charge on any atom is -0.504 e. The molecule has 0 fully saturated rings. The summed E-state index contributed by atoms with van der Waals surface area (Å²) in [5.74, 6) is 1.04. The van der Waals surface area contributed by atoms with Crippen molar-refractivity contribution in [2.75, 3.05) is 14.2 Å². The van der Waals surface area contributed by atoms with E-state index in [1.54, 1.807) is 26.5 Å². The fourth-order valence-corrected chi connectivity index (χ4v) is 2.58. The van der Waals surface area contributed by atoms with Gasteiger partial charge in [-0.05, 0) is 41.3 Å². The molecule has 1 heterocycles. The first-order chi connectivity index (χ1) is 11.1. The summed E-state index contributed by atoms with van der Waals surface area (Å²) >= 11 is 0. The van der Waals surface area contributed by atoms with Crippen molar-refractivity contribution in [2.24, 2.45) is 0 Å². The van der Waals surface area contributed by atoms with Gasteiger partial charge in [-0.1, -0.05) is 6.07 Å². The maximum absolute atomic E-state index is 9.74. The summed E-state index contributed by atoms with van der Waals surface area (Å²) in [6, 6.07) is 10.6. The number of hydrogen-bond donors (Lipinski definition) is 2. The van der Waals surface area contributed by atoms with Crippen LogP contribution in [0.1, 0.15) is 11.3 Å². The van der Waals surface area contributed by atoms with Crippen LogP contribution in [-0.2, 0) is 6.42 Å². The molecule has 3 aromatic rings. The Labute approximate surface area is 133 Å². The minimum atomic E-state index is -0.154. The molecule has 5 nitrogen and oxygen atoms in total. The Kier molecular flexibility index (Phi) is 3.93. The van der Waals surface area contributed by atoms with Gasteiger partial charge in [0, 0.05) is 18.0 Å². The molecule has 0 aliphatic rings. The van der Waals surface area contributed by atoms with Crippen LogP contribution in [0.2, 0.25) is 0 Å². The predicted octanol–water partition coefficient (Wildman–Crippen LogP) is 3.25. The first-order valence-corrected chi connectivity index (χ1v) is 7.13. The van der Waals surface area contributed by atoms with E-state index in [0.717, 1.165) is 22.0 Å². The van der Waals surface area contributed by atoms with Gasteiger partial charge in [-0.25, -0.2) is 0 Å². The molecule has 0 unspecified atom stereocenters. The van der Waals surface area contributed by atoms with Gasteiger partial charge in [0.25, 0.3) is 0 Å². The normalized spacial score (nSPS) is 10.7. The van der Waals surface area contributed by atoms with Gasteiger partial charge in [-0.2, -0.15) is 0 Å². The van der Waals surface area contributed by atoms with Crippen LogP contribution in [0.15, 0.2) is 42.6 Å². The van der Waals surface area contributed by atoms with Gasteiger partial charge in [-0.15, -0.1) is 0 Å². The Morgan fingerprint density at radius 3 is 2.39 bits per heavy atom. The highest BCUT2D eigenvalue weighted by Gasteiger charge is 2.10. The molecule has 1 aromatic heterocycles. The number of rotatable bonds is 4. The van der Waals surface area contributed by atoms with Crippen molar-refractivity contribution in [2.45, 2.75) is 6.42 Å². The second kappa shape index (κ2) is 6.04. The van der Waals surface area contributed by atoms with Crippen molar-refractivity contribution in [3.63, 3.8) is 0 Å². The topological polar surface area (TPSA) is 71.8 Å². The smallest absolute Gasteiger partial charge is 0.160 e. The molecule has 0 atom stereocenters. The number of benzene rings is 2. The zero-order valence-corrected chi connectivity index (χ0v) is 12.9. The Morgan fingerprint density at radius 2 is 1.65 bits per heavy atom. The van der Waals surface area contributed by atoms with Gasteiger partial charge in [0.15, 0.2) is 23.0 Å². The highest BCUT2D eigenvalue weighted by atomic mass is 16.5. The lowest BCUT2D eigenvalue weighted by molar-refractivity contribution is 0.354. The standard InChI is InChI=1S/C18H17NO4/c1-22-17-4-3-11(8-18(17)23-2)7-14-13-10-16(21)15(20)9-12(13)5-6-19-14/h3-6,8-10,20-21H,7H2,1-2H3. The third-order valence-electron chi connectivity index (χ3n) is 3.76. The van der Waals surface area contributed by atoms with E-state index < -0.39 is 0 Å². The average Bonchev–Trinajstić information content (AvgIpc) is 2.56. The quantitative estimate of drug-likeness (QED) is 0.724. The van der Waals surface area contributed by atoms with E-state index in [9.17, 15) is 10.2 Å². The van der Waals surface area contributed by atoms with Crippen LogP contribution in [0.25, 0.3) is 10.8 Å². The van der Waals surface area contributed by atoms with Gasteiger partial charge in [0.2, 0.25) is 0 Å². The lowest BCUT2D eigenvalue weighted by atomic mass is 10.0. The zero-order valence-electron chi connectivity index (χ0n) is 12.9. The molecule has 0 aliphatic heterocycles.